The molecular weight excluding hydrogens is 412 g/mol. The van der Waals surface area contributed by atoms with Gasteiger partial charge in [-0.15, -0.1) is 5.92 Å². The van der Waals surface area contributed by atoms with E-state index in [4.69, 9.17) is 13.9 Å². The molecule has 0 unspecified atom stereocenters. The molecule has 0 radical (unpaired) electrons. The van der Waals surface area contributed by atoms with Crippen LogP contribution in [0, 0.1) is 34.5 Å². The zero-order valence-corrected chi connectivity index (χ0v) is 22.1. The number of rotatable bonds is 3. The quantitative estimate of drug-likeness (QED) is 0.354. The average molecular weight is 455 g/mol. The fourth-order valence-electron chi connectivity index (χ4n) is 8.19. The Morgan fingerprint density at radius 2 is 1.88 bits per heavy atom. The maximum absolute atomic E-state index is 6.75. The topological polar surface area (TPSA) is 27.7 Å². The number of allylic oxidation sites excluding steroid dienone is 3. The van der Waals surface area contributed by atoms with E-state index in [1.165, 1.54) is 25.7 Å². The molecule has 0 aromatic rings. The van der Waals surface area contributed by atoms with Gasteiger partial charge in [0.05, 0.1) is 24.7 Å². The fraction of sp³-hybridized carbons (Fsp3) is 0.786. The minimum Gasteiger partial charge on any atom is -0.413 e. The molecule has 176 valence electrons. The van der Waals surface area contributed by atoms with E-state index >= 15 is 0 Å². The molecule has 4 heteroatoms. The Balaban J connectivity index is 1.48. The van der Waals surface area contributed by atoms with Crippen LogP contribution in [-0.2, 0) is 13.9 Å². The van der Waals surface area contributed by atoms with E-state index in [9.17, 15) is 0 Å². The summed E-state index contributed by atoms with van der Waals surface area (Å²) in [5.74, 6) is 8.21. The number of hydrogen-bond donors (Lipinski definition) is 0. The van der Waals surface area contributed by atoms with Gasteiger partial charge in [0.15, 0.2) is 14.1 Å². The monoisotopic (exact) mass is 454 g/mol. The van der Waals surface area contributed by atoms with Gasteiger partial charge in [0.25, 0.3) is 0 Å². The lowest BCUT2D eigenvalue weighted by atomic mass is 9.52. The Bertz CT molecular complexity index is 894. The molecule has 3 nitrogen and oxygen atoms in total. The van der Waals surface area contributed by atoms with Crippen LogP contribution in [0.15, 0.2) is 22.8 Å². The van der Waals surface area contributed by atoms with E-state index in [-0.39, 0.29) is 22.7 Å². The van der Waals surface area contributed by atoms with Gasteiger partial charge in [0.2, 0.25) is 0 Å². The van der Waals surface area contributed by atoms with Gasteiger partial charge in [-0.1, -0.05) is 24.5 Å². The van der Waals surface area contributed by atoms with Gasteiger partial charge in [-0.3, -0.25) is 0 Å². The predicted molar refractivity (Wildman–Crippen MR) is 132 cm³/mol. The number of fused-ring (bicyclic) bond motifs is 4. The molecule has 0 N–H and O–H groups in total. The molecule has 4 aliphatic carbocycles. The summed E-state index contributed by atoms with van der Waals surface area (Å²) in [6.07, 6.45) is 12.0. The van der Waals surface area contributed by atoms with Crippen molar-refractivity contribution in [1.29, 1.82) is 0 Å². The third kappa shape index (κ3) is 3.42. The third-order valence-corrected chi connectivity index (χ3v) is 10.5. The smallest absolute Gasteiger partial charge is 0.184 e. The molecule has 2 fully saturated rings. The van der Waals surface area contributed by atoms with Crippen molar-refractivity contribution < 1.29 is 13.9 Å². The van der Waals surface area contributed by atoms with E-state index in [0.717, 1.165) is 38.9 Å². The first-order valence-electron chi connectivity index (χ1n) is 12.9. The number of ether oxygens (including phenoxy) is 2. The first kappa shape index (κ1) is 22.9. The third-order valence-electron chi connectivity index (χ3n) is 9.48. The predicted octanol–water partition coefficient (Wildman–Crippen LogP) is 6.62. The van der Waals surface area contributed by atoms with Gasteiger partial charge in [0.1, 0.15) is 0 Å². The summed E-state index contributed by atoms with van der Waals surface area (Å²) in [4.78, 5) is 0. The SMILES string of the molecule is CC#C[C@]1([C@@H](C)O[Si](C)(C)C)CC[C@H]2[C@@H]3CCC4=C(CCC5(C4)OCCO5)C3=CC[C@@]21C. The van der Waals surface area contributed by atoms with Gasteiger partial charge in [-0.2, -0.15) is 0 Å². The lowest BCUT2D eigenvalue weighted by Crippen LogP contribution is -2.51. The van der Waals surface area contributed by atoms with Crippen LogP contribution in [0.2, 0.25) is 19.6 Å². The maximum atomic E-state index is 6.75. The van der Waals surface area contributed by atoms with Gasteiger partial charge in [-0.25, -0.2) is 0 Å². The van der Waals surface area contributed by atoms with E-state index in [0.29, 0.717) is 11.8 Å². The molecule has 1 saturated carbocycles. The zero-order chi connectivity index (χ0) is 22.8. The Labute approximate surface area is 196 Å². The van der Waals surface area contributed by atoms with Crippen molar-refractivity contribution in [2.75, 3.05) is 13.2 Å². The van der Waals surface area contributed by atoms with E-state index in [1.807, 2.05) is 6.92 Å². The molecule has 0 amide bonds. The Hall–Kier alpha value is -0.863. The second-order valence-electron chi connectivity index (χ2n) is 12.2. The largest absolute Gasteiger partial charge is 0.413 e. The highest BCUT2D eigenvalue weighted by Crippen LogP contribution is 2.67. The minimum atomic E-state index is -1.64. The van der Waals surface area contributed by atoms with Gasteiger partial charge in [-0.05, 0) is 100 Å². The van der Waals surface area contributed by atoms with Crippen molar-refractivity contribution in [1.82, 2.24) is 0 Å². The van der Waals surface area contributed by atoms with E-state index < -0.39 is 8.32 Å². The van der Waals surface area contributed by atoms with Crippen molar-refractivity contribution >= 4 is 8.32 Å². The molecule has 5 rings (SSSR count). The fourth-order valence-corrected chi connectivity index (χ4v) is 9.45. The zero-order valence-electron chi connectivity index (χ0n) is 21.1. The van der Waals surface area contributed by atoms with Crippen molar-refractivity contribution in [3.63, 3.8) is 0 Å². The van der Waals surface area contributed by atoms with Gasteiger partial charge < -0.3 is 13.9 Å². The highest BCUT2D eigenvalue weighted by molar-refractivity contribution is 6.69. The molecule has 1 spiro atoms. The van der Waals surface area contributed by atoms with Crippen LogP contribution in [0.4, 0.5) is 0 Å². The second-order valence-corrected chi connectivity index (χ2v) is 16.6. The Morgan fingerprint density at radius 1 is 1.12 bits per heavy atom. The van der Waals surface area contributed by atoms with Crippen molar-refractivity contribution in [3.05, 3.63) is 22.8 Å². The molecule has 1 heterocycles. The molecule has 5 aliphatic rings. The lowest BCUT2D eigenvalue weighted by Gasteiger charge is -2.53. The standard InChI is InChI=1S/C28H42O3Si/c1-7-13-27(20(2)31-32(4,5)6)15-12-25-24-9-8-21-19-28(29-17-18-30-28)16-11-22(21)23(24)10-14-26(25,27)3/h10,20,24-25H,8-9,11-12,14-19H2,1-6H3/t20-,24-,25+,26+,27-/m1/s1. The summed E-state index contributed by atoms with van der Waals surface area (Å²) >= 11 is 0. The second kappa shape index (κ2) is 7.84. The summed E-state index contributed by atoms with van der Waals surface area (Å²) in [7, 11) is -1.64. The van der Waals surface area contributed by atoms with Gasteiger partial charge >= 0.3 is 0 Å². The van der Waals surface area contributed by atoms with Crippen LogP contribution in [0.3, 0.4) is 0 Å². The van der Waals surface area contributed by atoms with Crippen LogP contribution < -0.4 is 0 Å². The highest BCUT2D eigenvalue weighted by Gasteiger charge is 2.63. The molecular formula is C28H42O3Si. The van der Waals surface area contributed by atoms with Crippen LogP contribution in [0.1, 0.15) is 72.1 Å². The highest BCUT2D eigenvalue weighted by atomic mass is 28.4. The first-order chi connectivity index (χ1) is 15.1. The summed E-state index contributed by atoms with van der Waals surface area (Å²) in [5.41, 5.74) is 5.12. The van der Waals surface area contributed by atoms with Crippen molar-refractivity contribution in [3.8, 4) is 11.8 Å². The maximum Gasteiger partial charge on any atom is 0.184 e. The van der Waals surface area contributed by atoms with E-state index in [1.54, 1.807) is 16.7 Å². The summed E-state index contributed by atoms with van der Waals surface area (Å²) in [6, 6.07) is 0. The van der Waals surface area contributed by atoms with Crippen molar-refractivity contribution in [2.45, 2.75) is 104 Å². The van der Waals surface area contributed by atoms with Gasteiger partial charge in [0, 0.05) is 12.8 Å². The summed E-state index contributed by atoms with van der Waals surface area (Å²) in [5, 5.41) is 0. The number of hydrogen-bond acceptors (Lipinski definition) is 3. The van der Waals surface area contributed by atoms with Crippen LogP contribution in [0.25, 0.3) is 0 Å². The van der Waals surface area contributed by atoms with Crippen LogP contribution in [0.5, 0.6) is 0 Å². The Kier molecular flexibility index (Phi) is 5.61. The lowest BCUT2D eigenvalue weighted by molar-refractivity contribution is -0.164. The normalized spacial score (nSPS) is 39.0. The Morgan fingerprint density at radius 3 is 2.56 bits per heavy atom. The summed E-state index contributed by atoms with van der Waals surface area (Å²) < 4.78 is 18.9. The summed E-state index contributed by atoms with van der Waals surface area (Å²) in [6.45, 7) is 15.3. The van der Waals surface area contributed by atoms with Crippen LogP contribution in [-0.4, -0.2) is 33.4 Å². The molecule has 32 heavy (non-hydrogen) atoms. The van der Waals surface area contributed by atoms with Crippen molar-refractivity contribution in [2.24, 2.45) is 22.7 Å². The molecule has 0 bridgehead atoms. The van der Waals surface area contributed by atoms with E-state index in [2.05, 4.69) is 51.4 Å². The first-order valence-corrected chi connectivity index (χ1v) is 16.3. The molecule has 1 saturated heterocycles. The molecule has 0 aromatic carbocycles. The molecule has 5 atom stereocenters. The van der Waals surface area contributed by atoms with Crippen LogP contribution >= 0.6 is 0 Å². The average Bonchev–Trinajstić information content (AvgIpc) is 3.29. The minimum absolute atomic E-state index is 0.0362. The molecule has 1 aliphatic heterocycles. The molecule has 0 aromatic heterocycles.